The molecule has 0 aliphatic carbocycles. The first-order valence-corrected chi connectivity index (χ1v) is 13.6. The van der Waals surface area contributed by atoms with E-state index >= 15 is 0 Å². The number of rotatable bonds is 8. The van der Waals surface area contributed by atoms with E-state index in [9.17, 15) is 14.4 Å². The number of Topliss-reactive ketones (excluding diaryl/α,β-unsaturated/α-hetero) is 1. The van der Waals surface area contributed by atoms with Crippen molar-refractivity contribution in [2.75, 3.05) is 39.5 Å². The minimum absolute atomic E-state index is 0.0519. The van der Waals surface area contributed by atoms with Gasteiger partial charge >= 0.3 is 0 Å². The molecular weight excluding hydrogens is 486 g/mol. The Morgan fingerprint density at radius 1 is 1.11 bits per heavy atom. The van der Waals surface area contributed by atoms with Gasteiger partial charge < -0.3 is 24.1 Å². The van der Waals surface area contributed by atoms with Crippen molar-refractivity contribution in [3.8, 4) is 11.3 Å². The summed E-state index contributed by atoms with van der Waals surface area (Å²) in [6.07, 6.45) is 0.905. The lowest BCUT2D eigenvalue weighted by molar-refractivity contribution is -0.138. The van der Waals surface area contributed by atoms with Crippen LogP contribution < -0.4 is 5.32 Å². The van der Waals surface area contributed by atoms with Crippen LogP contribution in [0.2, 0.25) is 0 Å². The minimum Gasteiger partial charge on any atom is -0.460 e. The van der Waals surface area contributed by atoms with Crippen molar-refractivity contribution in [3.05, 3.63) is 47.2 Å². The quantitative estimate of drug-likeness (QED) is 0.568. The van der Waals surface area contributed by atoms with E-state index in [-0.39, 0.29) is 36.2 Å². The molecule has 0 saturated carbocycles. The van der Waals surface area contributed by atoms with Gasteiger partial charge in [-0.1, -0.05) is 19.9 Å². The summed E-state index contributed by atoms with van der Waals surface area (Å²) < 4.78 is 17.1. The second kappa shape index (κ2) is 11.4. The molecule has 3 aliphatic heterocycles. The van der Waals surface area contributed by atoms with Crippen LogP contribution in [0.25, 0.3) is 11.3 Å². The van der Waals surface area contributed by atoms with Gasteiger partial charge in [-0.3, -0.25) is 19.3 Å². The van der Waals surface area contributed by atoms with Gasteiger partial charge in [0, 0.05) is 30.8 Å². The maximum Gasteiger partial charge on any atom is 0.251 e. The second-order valence-electron chi connectivity index (χ2n) is 10.9. The number of hydrogen-bond donors (Lipinski definition) is 1. The summed E-state index contributed by atoms with van der Waals surface area (Å²) >= 11 is 0. The highest BCUT2D eigenvalue weighted by molar-refractivity contribution is 5.99. The molecule has 2 amide bonds. The highest BCUT2D eigenvalue weighted by Crippen LogP contribution is 2.29. The van der Waals surface area contributed by atoms with Gasteiger partial charge in [-0.15, -0.1) is 0 Å². The SMILES string of the molecule is Cc1cc(C(=O)N[C@@H](CC(C)C)C(=O)N2CC[C@H]3OCC(=O)[C@H]32)ccc1-c1ccc(CN2CCOCC2)o1. The lowest BCUT2D eigenvalue weighted by atomic mass is 10.00. The van der Waals surface area contributed by atoms with E-state index in [1.165, 1.54) is 0 Å². The van der Waals surface area contributed by atoms with Crippen molar-refractivity contribution in [2.24, 2.45) is 5.92 Å². The van der Waals surface area contributed by atoms with Gasteiger partial charge in [0.05, 0.1) is 25.9 Å². The Morgan fingerprint density at radius 3 is 2.63 bits per heavy atom. The van der Waals surface area contributed by atoms with E-state index in [1.54, 1.807) is 11.0 Å². The average Bonchev–Trinajstić information content (AvgIpc) is 3.62. The number of furan rings is 1. The number of aryl methyl sites for hydroxylation is 1. The summed E-state index contributed by atoms with van der Waals surface area (Å²) in [5, 5.41) is 2.95. The molecule has 0 radical (unpaired) electrons. The molecule has 0 bridgehead atoms. The third-order valence-electron chi connectivity index (χ3n) is 7.60. The zero-order chi connectivity index (χ0) is 26.8. The van der Waals surface area contributed by atoms with Crippen LogP contribution in [-0.2, 0) is 25.6 Å². The maximum absolute atomic E-state index is 13.5. The summed E-state index contributed by atoms with van der Waals surface area (Å²) in [5.41, 5.74) is 2.31. The summed E-state index contributed by atoms with van der Waals surface area (Å²) in [7, 11) is 0. The van der Waals surface area contributed by atoms with Gasteiger partial charge in [-0.25, -0.2) is 0 Å². The summed E-state index contributed by atoms with van der Waals surface area (Å²) in [4.78, 5) is 43.0. The average molecular weight is 524 g/mol. The lowest BCUT2D eigenvalue weighted by Gasteiger charge is -2.28. The molecule has 9 heteroatoms. The van der Waals surface area contributed by atoms with Crippen LogP contribution >= 0.6 is 0 Å². The highest BCUT2D eigenvalue weighted by atomic mass is 16.5. The number of carbonyl (C=O) groups is 3. The van der Waals surface area contributed by atoms with Crippen LogP contribution in [0.15, 0.2) is 34.7 Å². The molecule has 3 atom stereocenters. The minimum atomic E-state index is -0.706. The van der Waals surface area contributed by atoms with Gasteiger partial charge in [0.1, 0.15) is 30.2 Å². The third kappa shape index (κ3) is 5.70. The van der Waals surface area contributed by atoms with Crippen LogP contribution in [-0.4, -0.2) is 85.0 Å². The number of nitrogens with zero attached hydrogens (tertiary/aromatic N) is 2. The third-order valence-corrected chi connectivity index (χ3v) is 7.60. The van der Waals surface area contributed by atoms with E-state index in [0.717, 1.165) is 55.5 Å². The van der Waals surface area contributed by atoms with E-state index in [4.69, 9.17) is 13.9 Å². The lowest BCUT2D eigenvalue weighted by Crippen LogP contribution is -2.52. The smallest absolute Gasteiger partial charge is 0.251 e. The van der Waals surface area contributed by atoms with Crippen molar-refractivity contribution in [1.29, 1.82) is 0 Å². The Labute approximate surface area is 223 Å². The molecule has 3 aliphatic rings. The molecule has 1 aromatic heterocycles. The normalized spacial score (nSPS) is 22.6. The number of benzene rings is 1. The van der Waals surface area contributed by atoms with Crippen molar-refractivity contribution < 1.29 is 28.3 Å². The standard InChI is InChI=1S/C29H37N3O6/c1-18(2)14-23(29(35)32-9-8-26-27(32)24(33)17-37-26)30-28(34)20-4-6-22(19(3)15-20)25-7-5-21(38-25)16-31-10-12-36-13-11-31/h4-7,15,18,23,26-27H,8-14,16-17H2,1-3H3,(H,30,34)/t23-,26+,27+/m0/s1. The number of ketones is 1. The molecule has 1 N–H and O–H groups in total. The zero-order valence-electron chi connectivity index (χ0n) is 22.4. The fraction of sp³-hybridized carbons (Fsp3) is 0.552. The molecule has 0 spiro atoms. The molecule has 3 saturated heterocycles. The van der Waals surface area contributed by atoms with Crippen LogP contribution in [0.4, 0.5) is 0 Å². The number of likely N-dealkylation sites (tertiary alicyclic amines) is 1. The molecule has 204 valence electrons. The van der Waals surface area contributed by atoms with Gasteiger partial charge in [-0.2, -0.15) is 0 Å². The summed E-state index contributed by atoms with van der Waals surface area (Å²) in [6.45, 7) is 10.5. The summed E-state index contributed by atoms with van der Waals surface area (Å²) in [6, 6.07) is 8.20. The second-order valence-corrected chi connectivity index (χ2v) is 10.9. The molecule has 38 heavy (non-hydrogen) atoms. The van der Waals surface area contributed by atoms with Crippen molar-refractivity contribution in [3.63, 3.8) is 0 Å². The molecular formula is C29H37N3O6. The first-order chi connectivity index (χ1) is 18.3. The fourth-order valence-electron chi connectivity index (χ4n) is 5.64. The summed E-state index contributed by atoms with van der Waals surface area (Å²) in [5.74, 6) is 1.26. The van der Waals surface area contributed by atoms with Crippen LogP contribution in [0.1, 0.15) is 48.4 Å². The molecule has 2 aromatic rings. The Hall–Kier alpha value is -3.01. The number of carbonyl (C=O) groups excluding carboxylic acids is 3. The van der Waals surface area contributed by atoms with Gasteiger partial charge in [0.15, 0.2) is 5.78 Å². The van der Waals surface area contributed by atoms with Crippen molar-refractivity contribution >= 4 is 17.6 Å². The Kier molecular flexibility index (Phi) is 7.97. The van der Waals surface area contributed by atoms with Gasteiger partial charge in [0.2, 0.25) is 5.91 Å². The van der Waals surface area contributed by atoms with E-state index in [2.05, 4.69) is 10.2 Å². The van der Waals surface area contributed by atoms with Crippen molar-refractivity contribution in [1.82, 2.24) is 15.1 Å². The van der Waals surface area contributed by atoms with Crippen LogP contribution in [0.3, 0.4) is 0 Å². The van der Waals surface area contributed by atoms with E-state index in [1.807, 2.05) is 45.0 Å². The Morgan fingerprint density at radius 2 is 1.89 bits per heavy atom. The van der Waals surface area contributed by atoms with Crippen LogP contribution in [0, 0.1) is 12.8 Å². The fourth-order valence-corrected chi connectivity index (χ4v) is 5.64. The highest BCUT2D eigenvalue weighted by Gasteiger charge is 2.48. The van der Waals surface area contributed by atoms with E-state index < -0.39 is 12.1 Å². The molecule has 0 unspecified atom stereocenters. The van der Waals surface area contributed by atoms with Gasteiger partial charge in [0.25, 0.3) is 5.91 Å². The Bertz CT molecular complexity index is 1180. The predicted molar refractivity (Wildman–Crippen MR) is 141 cm³/mol. The molecule has 9 nitrogen and oxygen atoms in total. The largest absolute Gasteiger partial charge is 0.460 e. The monoisotopic (exact) mass is 523 g/mol. The van der Waals surface area contributed by atoms with E-state index in [0.29, 0.717) is 24.9 Å². The molecule has 1 aromatic carbocycles. The van der Waals surface area contributed by atoms with Crippen LogP contribution in [0.5, 0.6) is 0 Å². The molecule has 3 fully saturated rings. The predicted octanol–water partition coefficient (Wildman–Crippen LogP) is 2.80. The molecule has 5 rings (SSSR count). The first kappa shape index (κ1) is 26.6. The number of fused-ring (bicyclic) bond motifs is 1. The number of amides is 2. The number of nitrogens with one attached hydrogen (secondary N) is 1. The maximum atomic E-state index is 13.5. The first-order valence-electron chi connectivity index (χ1n) is 13.6. The number of hydrogen-bond acceptors (Lipinski definition) is 7. The van der Waals surface area contributed by atoms with Crippen molar-refractivity contribution in [2.45, 2.75) is 58.3 Å². The Balaban J connectivity index is 1.27. The molecule has 4 heterocycles. The van der Waals surface area contributed by atoms with Gasteiger partial charge in [-0.05, 0) is 55.5 Å². The number of morpholine rings is 1. The zero-order valence-corrected chi connectivity index (χ0v) is 22.4. The number of ether oxygens (including phenoxy) is 2. The topological polar surface area (TPSA) is 101 Å².